The number of hydrogen-bond acceptors (Lipinski definition) is 5. The molecule has 3 rings (SSSR count). The third-order valence-electron chi connectivity index (χ3n) is 4.73. The Labute approximate surface area is 152 Å². The van der Waals surface area contributed by atoms with Crippen LogP contribution in [0.25, 0.3) is 0 Å². The largest absolute Gasteiger partial charge is 0.497 e. The van der Waals surface area contributed by atoms with Gasteiger partial charge in [-0.1, -0.05) is 55.6 Å². The highest BCUT2D eigenvalue weighted by molar-refractivity contribution is 7.15. The van der Waals surface area contributed by atoms with Crippen LogP contribution in [0.15, 0.2) is 24.3 Å². The summed E-state index contributed by atoms with van der Waals surface area (Å²) in [5, 5.41) is 12.7. The molecule has 5 nitrogen and oxygen atoms in total. The van der Waals surface area contributed by atoms with Crippen LogP contribution in [0.5, 0.6) is 5.75 Å². The summed E-state index contributed by atoms with van der Waals surface area (Å²) in [5.74, 6) is 1.62. The second-order valence-electron chi connectivity index (χ2n) is 6.62. The summed E-state index contributed by atoms with van der Waals surface area (Å²) in [6.45, 7) is 0. The smallest absolute Gasteiger partial charge is 0.226 e. The van der Waals surface area contributed by atoms with Crippen LogP contribution in [0.1, 0.15) is 55.5 Å². The Kier molecular flexibility index (Phi) is 6.39. The number of methoxy groups -OCH3 is 1. The second-order valence-corrected chi connectivity index (χ2v) is 7.68. The average molecular weight is 359 g/mol. The van der Waals surface area contributed by atoms with Crippen molar-refractivity contribution in [3.8, 4) is 5.75 Å². The van der Waals surface area contributed by atoms with Gasteiger partial charge in [-0.15, -0.1) is 10.2 Å². The number of nitrogens with zero attached hydrogens (tertiary/aromatic N) is 2. The Morgan fingerprint density at radius 2 is 1.96 bits per heavy atom. The van der Waals surface area contributed by atoms with Crippen LogP contribution in [0.4, 0.5) is 5.13 Å². The van der Waals surface area contributed by atoms with Crippen LogP contribution >= 0.6 is 11.3 Å². The van der Waals surface area contributed by atoms with E-state index in [9.17, 15) is 4.79 Å². The van der Waals surface area contributed by atoms with Gasteiger partial charge in [-0.05, 0) is 30.0 Å². The third kappa shape index (κ3) is 5.53. The fourth-order valence-electron chi connectivity index (χ4n) is 3.29. The van der Waals surface area contributed by atoms with Crippen molar-refractivity contribution >= 4 is 22.4 Å². The van der Waals surface area contributed by atoms with E-state index in [2.05, 4.69) is 15.5 Å². The van der Waals surface area contributed by atoms with E-state index in [1.165, 1.54) is 43.4 Å². The first-order valence-corrected chi connectivity index (χ1v) is 9.80. The molecule has 0 bridgehead atoms. The number of hydrogen-bond donors (Lipinski definition) is 1. The van der Waals surface area contributed by atoms with Crippen molar-refractivity contribution in [3.63, 3.8) is 0 Å². The van der Waals surface area contributed by atoms with E-state index >= 15 is 0 Å². The molecule has 1 heterocycles. The third-order valence-corrected chi connectivity index (χ3v) is 5.57. The minimum atomic E-state index is 0.0534. The van der Waals surface area contributed by atoms with Crippen LogP contribution in [-0.4, -0.2) is 23.2 Å². The van der Waals surface area contributed by atoms with Crippen molar-refractivity contribution in [2.24, 2.45) is 5.92 Å². The normalized spacial score (nSPS) is 15.1. The predicted octanol–water partition coefficient (Wildman–Crippen LogP) is 4.44. The molecule has 0 atom stereocenters. The van der Waals surface area contributed by atoms with E-state index in [1.54, 1.807) is 7.11 Å². The van der Waals surface area contributed by atoms with Gasteiger partial charge in [0.1, 0.15) is 10.8 Å². The molecular formula is C19H25N3O2S. The maximum absolute atomic E-state index is 12.1. The molecule has 0 unspecified atom stereocenters. The van der Waals surface area contributed by atoms with Crippen LogP contribution < -0.4 is 10.1 Å². The number of aromatic nitrogens is 2. The minimum Gasteiger partial charge on any atom is -0.497 e. The Morgan fingerprint density at radius 3 is 2.68 bits per heavy atom. The topological polar surface area (TPSA) is 64.1 Å². The Bertz CT molecular complexity index is 678. The molecule has 2 aromatic rings. The average Bonchev–Trinajstić information content (AvgIpc) is 3.08. The number of anilines is 1. The lowest BCUT2D eigenvalue weighted by atomic mass is 9.86. The molecule has 0 aliphatic heterocycles. The van der Waals surface area contributed by atoms with Gasteiger partial charge in [-0.25, -0.2) is 0 Å². The van der Waals surface area contributed by atoms with E-state index in [4.69, 9.17) is 4.74 Å². The van der Waals surface area contributed by atoms with Crippen molar-refractivity contribution in [1.82, 2.24) is 10.2 Å². The van der Waals surface area contributed by atoms with Crippen molar-refractivity contribution < 1.29 is 9.53 Å². The summed E-state index contributed by atoms with van der Waals surface area (Å²) < 4.78 is 5.16. The second kappa shape index (κ2) is 8.94. The molecule has 1 N–H and O–H groups in total. The summed E-state index contributed by atoms with van der Waals surface area (Å²) in [5.41, 5.74) is 1.15. The van der Waals surface area contributed by atoms with E-state index in [0.717, 1.165) is 28.7 Å². The summed E-state index contributed by atoms with van der Waals surface area (Å²) in [6, 6.07) is 7.90. The number of carbonyl (C=O) groups excluding carboxylic acids is 1. The van der Waals surface area contributed by atoms with Gasteiger partial charge < -0.3 is 10.1 Å². The molecule has 1 aromatic carbocycles. The molecule has 0 radical (unpaired) electrons. The zero-order valence-electron chi connectivity index (χ0n) is 14.7. The molecule has 134 valence electrons. The van der Waals surface area contributed by atoms with Gasteiger partial charge in [0.2, 0.25) is 11.0 Å². The summed E-state index contributed by atoms with van der Waals surface area (Å²) >= 11 is 1.44. The van der Waals surface area contributed by atoms with Gasteiger partial charge in [0.15, 0.2) is 0 Å². The van der Waals surface area contributed by atoms with Gasteiger partial charge in [-0.2, -0.15) is 0 Å². The van der Waals surface area contributed by atoms with E-state index in [0.29, 0.717) is 18.0 Å². The van der Waals surface area contributed by atoms with Crippen molar-refractivity contribution in [1.29, 1.82) is 0 Å². The van der Waals surface area contributed by atoms with Gasteiger partial charge in [0, 0.05) is 12.8 Å². The molecule has 1 aromatic heterocycles. The van der Waals surface area contributed by atoms with Gasteiger partial charge in [0.25, 0.3) is 0 Å². The highest BCUT2D eigenvalue weighted by atomic mass is 32.1. The first-order chi connectivity index (χ1) is 12.2. The van der Waals surface area contributed by atoms with E-state index in [-0.39, 0.29) is 5.91 Å². The summed E-state index contributed by atoms with van der Waals surface area (Å²) in [6.07, 6.45) is 8.82. The number of amides is 1. The predicted molar refractivity (Wildman–Crippen MR) is 100 cm³/mol. The Morgan fingerprint density at radius 1 is 1.20 bits per heavy atom. The zero-order chi connectivity index (χ0) is 17.5. The van der Waals surface area contributed by atoms with Crippen molar-refractivity contribution in [2.45, 2.75) is 51.4 Å². The first kappa shape index (κ1) is 17.9. The lowest BCUT2D eigenvalue weighted by molar-refractivity contribution is -0.116. The molecule has 1 aliphatic rings. The number of benzene rings is 1. The summed E-state index contributed by atoms with van der Waals surface area (Å²) in [4.78, 5) is 12.1. The molecule has 1 amide bonds. The number of nitrogens with one attached hydrogen (secondary N) is 1. The molecular weight excluding hydrogens is 334 g/mol. The van der Waals surface area contributed by atoms with E-state index < -0.39 is 0 Å². The van der Waals surface area contributed by atoms with Crippen molar-refractivity contribution in [3.05, 3.63) is 34.8 Å². The number of carbonyl (C=O) groups is 1. The highest BCUT2D eigenvalue weighted by Gasteiger charge is 2.15. The van der Waals surface area contributed by atoms with Gasteiger partial charge in [-0.3, -0.25) is 4.79 Å². The zero-order valence-corrected chi connectivity index (χ0v) is 15.5. The quantitative estimate of drug-likeness (QED) is 0.794. The van der Waals surface area contributed by atoms with Crippen LogP contribution in [0.3, 0.4) is 0 Å². The molecule has 25 heavy (non-hydrogen) atoms. The lowest BCUT2D eigenvalue weighted by Gasteiger charge is -2.20. The van der Waals surface area contributed by atoms with Gasteiger partial charge in [0.05, 0.1) is 7.11 Å². The van der Waals surface area contributed by atoms with Gasteiger partial charge >= 0.3 is 0 Å². The van der Waals surface area contributed by atoms with Crippen LogP contribution in [0.2, 0.25) is 0 Å². The van der Waals surface area contributed by atoms with Crippen LogP contribution in [0, 0.1) is 5.92 Å². The fourth-order valence-corrected chi connectivity index (χ4v) is 4.08. The first-order valence-electron chi connectivity index (χ1n) is 8.98. The SMILES string of the molecule is COc1ccc(Cc2nnc(NC(=O)CCC3CCCCC3)s2)cc1. The van der Waals surface area contributed by atoms with Crippen molar-refractivity contribution in [2.75, 3.05) is 12.4 Å². The molecule has 0 saturated heterocycles. The number of rotatable bonds is 7. The number of ether oxygens (including phenoxy) is 1. The monoisotopic (exact) mass is 359 g/mol. The van der Waals surface area contributed by atoms with E-state index in [1.807, 2.05) is 24.3 Å². The molecule has 6 heteroatoms. The Hall–Kier alpha value is -1.95. The fraction of sp³-hybridized carbons (Fsp3) is 0.526. The maximum atomic E-state index is 12.1. The molecule has 0 spiro atoms. The molecule has 1 fully saturated rings. The maximum Gasteiger partial charge on any atom is 0.226 e. The van der Waals surface area contributed by atoms with Crippen LogP contribution in [-0.2, 0) is 11.2 Å². The minimum absolute atomic E-state index is 0.0534. The lowest BCUT2D eigenvalue weighted by Crippen LogP contribution is -2.14. The summed E-state index contributed by atoms with van der Waals surface area (Å²) in [7, 11) is 1.66. The molecule has 1 aliphatic carbocycles. The molecule has 1 saturated carbocycles. The standard InChI is InChI=1S/C19H25N3O2S/c1-24-16-10-7-15(8-11-16)13-18-21-22-19(25-18)20-17(23)12-9-14-5-3-2-4-6-14/h7-8,10-11,14H,2-6,9,12-13H2,1H3,(H,20,22,23). The Balaban J connectivity index is 1.46. The highest BCUT2D eigenvalue weighted by Crippen LogP contribution is 2.27.